The van der Waals surface area contributed by atoms with Gasteiger partial charge in [-0.25, -0.2) is 0 Å². The molecule has 3 heteroatoms. The lowest BCUT2D eigenvalue weighted by Gasteiger charge is -2.19. The summed E-state index contributed by atoms with van der Waals surface area (Å²) in [6.07, 6.45) is -0.627. The molecule has 0 bridgehead atoms. The molecule has 1 unspecified atom stereocenters. The van der Waals surface area contributed by atoms with Crippen LogP contribution in [0.4, 0.5) is 0 Å². The standard InChI is InChI=1S/C18H21BrO2/c1-5-21-16-7-6-14(10-15(16)19)18(20)17-12(3)8-11(2)9-13(17)4/h6-10,18,20H,5H2,1-4H3. The van der Waals surface area contributed by atoms with Crippen LogP contribution in [0.1, 0.15) is 40.8 Å². The first-order valence-corrected chi connectivity index (χ1v) is 7.91. The van der Waals surface area contributed by atoms with Gasteiger partial charge in [-0.05, 0) is 78.0 Å². The SMILES string of the molecule is CCOc1ccc(C(O)c2c(C)cc(C)cc2C)cc1Br. The van der Waals surface area contributed by atoms with Gasteiger partial charge in [0.15, 0.2) is 0 Å². The second-order valence-electron chi connectivity index (χ2n) is 5.34. The molecule has 0 saturated heterocycles. The molecule has 0 saturated carbocycles. The van der Waals surface area contributed by atoms with Crippen LogP contribution < -0.4 is 4.74 Å². The van der Waals surface area contributed by atoms with Gasteiger partial charge in [0.1, 0.15) is 11.9 Å². The van der Waals surface area contributed by atoms with Crippen LogP contribution in [0.15, 0.2) is 34.8 Å². The van der Waals surface area contributed by atoms with Crippen molar-refractivity contribution in [1.82, 2.24) is 0 Å². The van der Waals surface area contributed by atoms with Gasteiger partial charge in [-0.3, -0.25) is 0 Å². The van der Waals surface area contributed by atoms with Crippen molar-refractivity contribution >= 4 is 15.9 Å². The van der Waals surface area contributed by atoms with Crippen molar-refractivity contribution in [2.75, 3.05) is 6.61 Å². The van der Waals surface area contributed by atoms with Crippen LogP contribution in [0.2, 0.25) is 0 Å². The Morgan fingerprint density at radius 3 is 2.24 bits per heavy atom. The van der Waals surface area contributed by atoms with Crippen LogP contribution in [-0.4, -0.2) is 11.7 Å². The van der Waals surface area contributed by atoms with E-state index >= 15 is 0 Å². The van der Waals surface area contributed by atoms with E-state index in [0.717, 1.165) is 32.5 Å². The van der Waals surface area contributed by atoms with Crippen molar-refractivity contribution in [3.8, 4) is 5.75 Å². The third-order valence-electron chi connectivity index (χ3n) is 3.58. The molecule has 2 aromatic rings. The third-order valence-corrected chi connectivity index (χ3v) is 4.20. The zero-order valence-corrected chi connectivity index (χ0v) is 14.5. The van der Waals surface area contributed by atoms with E-state index in [1.807, 2.05) is 39.0 Å². The third kappa shape index (κ3) is 3.47. The summed E-state index contributed by atoms with van der Waals surface area (Å²) in [5, 5.41) is 10.7. The summed E-state index contributed by atoms with van der Waals surface area (Å²) in [6.45, 7) is 8.73. The molecule has 2 nitrogen and oxygen atoms in total. The van der Waals surface area contributed by atoms with Gasteiger partial charge in [-0.15, -0.1) is 0 Å². The highest BCUT2D eigenvalue weighted by Crippen LogP contribution is 2.33. The van der Waals surface area contributed by atoms with Crippen molar-refractivity contribution < 1.29 is 9.84 Å². The van der Waals surface area contributed by atoms with E-state index in [2.05, 4.69) is 35.0 Å². The monoisotopic (exact) mass is 348 g/mol. The lowest BCUT2D eigenvalue weighted by atomic mass is 9.92. The number of aliphatic hydroxyl groups excluding tert-OH is 1. The molecule has 0 spiro atoms. The molecule has 0 aliphatic heterocycles. The van der Waals surface area contributed by atoms with Crippen molar-refractivity contribution in [3.05, 3.63) is 62.6 Å². The first-order valence-electron chi connectivity index (χ1n) is 7.12. The molecular formula is C18H21BrO2. The molecule has 2 rings (SSSR count). The van der Waals surface area contributed by atoms with Crippen LogP contribution in [0, 0.1) is 20.8 Å². The van der Waals surface area contributed by atoms with Crippen LogP contribution in [-0.2, 0) is 0 Å². The smallest absolute Gasteiger partial charge is 0.133 e. The molecule has 0 aliphatic carbocycles. The van der Waals surface area contributed by atoms with Gasteiger partial charge in [-0.2, -0.15) is 0 Å². The summed E-state index contributed by atoms with van der Waals surface area (Å²) in [4.78, 5) is 0. The summed E-state index contributed by atoms with van der Waals surface area (Å²) in [5.74, 6) is 0.797. The lowest BCUT2D eigenvalue weighted by molar-refractivity contribution is 0.218. The fourth-order valence-electron chi connectivity index (χ4n) is 2.75. The normalized spacial score (nSPS) is 12.3. The summed E-state index contributed by atoms with van der Waals surface area (Å²) in [7, 11) is 0. The molecule has 0 heterocycles. The summed E-state index contributed by atoms with van der Waals surface area (Å²) < 4.78 is 6.38. The number of aliphatic hydroxyl groups is 1. The molecular weight excluding hydrogens is 328 g/mol. The maximum Gasteiger partial charge on any atom is 0.133 e. The van der Waals surface area contributed by atoms with Gasteiger partial charge in [0.2, 0.25) is 0 Å². The highest BCUT2D eigenvalue weighted by atomic mass is 79.9. The van der Waals surface area contributed by atoms with E-state index in [9.17, 15) is 5.11 Å². The molecule has 1 N–H and O–H groups in total. The number of hydrogen-bond acceptors (Lipinski definition) is 2. The average Bonchev–Trinajstić information content (AvgIpc) is 2.40. The highest BCUT2D eigenvalue weighted by Gasteiger charge is 2.17. The minimum atomic E-state index is -0.627. The van der Waals surface area contributed by atoms with Crippen LogP contribution in [0.5, 0.6) is 5.75 Å². The molecule has 1 atom stereocenters. The Bertz CT molecular complexity index is 627. The highest BCUT2D eigenvalue weighted by molar-refractivity contribution is 9.10. The molecule has 0 fully saturated rings. The largest absolute Gasteiger partial charge is 0.493 e. The second-order valence-corrected chi connectivity index (χ2v) is 6.19. The number of aryl methyl sites for hydroxylation is 3. The van der Waals surface area contributed by atoms with Gasteiger partial charge < -0.3 is 9.84 Å². The van der Waals surface area contributed by atoms with E-state index in [4.69, 9.17) is 4.74 Å². The molecule has 112 valence electrons. The molecule has 0 aliphatic rings. The van der Waals surface area contributed by atoms with E-state index in [-0.39, 0.29) is 0 Å². The van der Waals surface area contributed by atoms with Gasteiger partial charge >= 0.3 is 0 Å². The number of rotatable bonds is 4. The first kappa shape index (κ1) is 16.1. The Morgan fingerprint density at radius 2 is 1.71 bits per heavy atom. The number of hydrogen-bond donors (Lipinski definition) is 1. The van der Waals surface area contributed by atoms with Crippen molar-refractivity contribution in [2.24, 2.45) is 0 Å². The topological polar surface area (TPSA) is 29.5 Å². The summed E-state index contributed by atoms with van der Waals surface area (Å²) >= 11 is 3.50. The number of benzene rings is 2. The summed E-state index contributed by atoms with van der Waals surface area (Å²) in [5.41, 5.74) is 5.29. The fourth-order valence-corrected chi connectivity index (χ4v) is 3.26. The molecule has 0 radical (unpaired) electrons. The van der Waals surface area contributed by atoms with Crippen LogP contribution in [0.25, 0.3) is 0 Å². The van der Waals surface area contributed by atoms with Gasteiger partial charge in [-0.1, -0.05) is 23.8 Å². The Balaban J connectivity index is 2.41. The molecule has 21 heavy (non-hydrogen) atoms. The van der Waals surface area contributed by atoms with Crippen LogP contribution >= 0.6 is 15.9 Å². The first-order chi connectivity index (χ1) is 9.93. The quantitative estimate of drug-likeness (QED) is 0.855. The number of ether oxygens (including phenoxy) is 1. The minimum absolute atomic E-state index is 0.622. The molecule has 0 amide bonds. The van der Waals surface area contributed by atoms with Gasteiger partial charge in [0.05, 0.1) is 11.1 Å². The minimum Gasteiger partial charge on any atom is -0.493 e. The van der Waals surface area contributed by atoms with E-state index in [1.165, 1.54) is 5.56 Å². The number of halogens is 1. The van der Waals surface area contributed by atoms with E-state index in [1.54, 1.807) is 0 Å². The zero-order valence-electron chi connectivity index (χ0n) is 12.9. The zero-order chi connectivity index (χ0) is 15.6. The van der Waals surface area contributed by atoms with Gasteiger partial charge in [0, 0.05) is 0 Å². The van der Waals surface area contributed by atoms with Crippen molar-refractivity contribution in [3.63, 3.8) is 0 Å². The molecule has 2 aromatic carbocycles. The fraction of sp³-hybridized carbons (Fsp3) is 0.333. The van der Waals surface area contributed by atoms with Crippen LogP contribution in [0.3, 0.4) is 0 Å². The van der Waals surface area contributed by atoms with Crippen molar-refractivity contribution in [1.29, 1.82) is 0 Å². The van der Waals surface area contributed by atoms with Gasteiger partial charge in [0.25, 0.3) is 0 Å². The maximum absolute atomic E-state index is 10.7. The predicted molar refractivity (Wildman–Crippen MR) is 90.0 cm³/mol. The Morgan fingerprint density at radius 1 is 1.10 bits per heavy atom. The maximum atomic E-state index is 10.7. The lowest BCUT2D eigenvalue weighted by Crippen LogP contribution is -2.05. The van der Waals surface area contributed by atoms with E-state index in [0.29, 0.717) is 6.61 Å². The average molecular weight is 349 g/mol. The Hall–Kier alpha value is -1.32. The molecule has 0 aromatic heterocycles. The summed E-state index contributed by atoms with van der Waals surface area (Å²) in [6, 6.07) is 9.95. The Labute approximate surface area is 134 Å². The predicted octanol–water partition coefficient (Wildman–Crippen LogP) is 4.85. The second kappa shape index (κ2) is 6.63. The van der Waals surface area contributed by atoms with Crippen molar-refractivity contribution in [2.45, 2.75) is 33.8 Å². The van der Waals surface area contributed by atoms with E-state index < -0.39 is 6.10 Å². The Kier molecular flexibility index (Phi) is 5.07.